The molecule has 0 unspecified atom stereocenters. The normalized spacial score (nSPS) is 14.9. The molecule has 0 amide bonds. The molecule has 0 spiro atoms. The molecule has 0 saturated carbocycles. The number of benzene rings is 1. The summed E-state index contributed by atoms with van der Waals surface area (Å²) >= 11 is 11.7. The Morgan fingerprint density at radius 2 is 2.24 bits per heavy atom. The number of hydrogen-bond donors (Lipinski definition) is 1. The lowest BCUT2D eigenvalue weighted by atomic mass is 10.2. The van der Waals surface area contributed by atoms with Gasteiger partial charge in [-0.1, -0.05) is 29.3 Å². The summed E-state index contributed by atoms with van der Waals surface area (Å²) in [5.41, 5.74) is 0.893. The number of nitrogens with one attached hydrogen (secondary N) is 1. The third kappa shape index (κ3) is 3.11. The van der Waals surface area contributed by atoms with Crippen molar-refractivity contribution in [1.82, 2.24) is 10.3 Å². The van der Waals surface area contributed by atoms with E-state index in [4.69, 9.17) is 23.2 Å². The standard InChI is InChI=1S/C11H12Cl2N4/c1-17(11-14-4-5-15-11)16-7-8-2-3-9(12)10(13)6-8/h2-3,6-7H,4-5H2,1H3,(H,14,15)/b16-7-. The minimum absolute atomic E-state index is 0.523. The molecule has 1 aliphatic rings. The molecule has 1 aliphatic heterocycles. The highest BCUT2D eigenvalue weighted by Gasteiger charge is 2.08. The third-order valence-corrected chi connectivity index (χ3v) is 3.03. The SMILES string of the molecule is CN(/N=C\c1ccc(Cl)c(Cl)c1)C1=NCCN1. The molecule has 0 saturated heterocycles. The molecule has 1 heterocycles. The molecular formula is C11H12Cl2N4. The molecule has 0 atom stereocenters. The summed E-state index contributed by atoms with van der Waals surface area (Å²) in [5.74, 6) is 0.779. The smallest absolute Gasteiger partial charge is 0.214 e. The first-order valence-electron chi connectivity index (χ1n) is 5.18. The fraction of sp³-hybridized carbons (Fsp3) is 0.273. The van der Waals surface area contributed by atoms with Gasteiger partial charge < -0.3 is 5.32 Å². The van der Waals surface area contributed by atoms with E-state index in [1.54, 1.807) is 23.4 Å². The average Bonchev–Trinajstić information content (AvgIpc) is 2.84. The second-order valence-electron chi connectivity index (χ2n) is 3.57. The maximum Gasteiger partial charge on any atom is 0.214 e. The van der Waals surface area contributed by atoms with Crippen molar-refractivity contribution >= 4 is 35.4 Å². The lowest BCUT2D eigenvalue weighted by Crippen LogP contribution is -2.32. The molecule has 90 valence electrons. The van der Waals surface area contributed by atoms with Crippen molar-refractivity contribution in [3.05, 3.63) is 33.8 Å². The topological polar surface area (TPSA) is 40.0 Å². The first-order chi connectivity index (χ1) is 8.16. The van der Waals surface area contributed by atoms with Crippen LogP contribution in [0.2, 0.25) is 10.0 Å². The van der Waals surface area contributed by atoms with Gasteiger partial charge in [0.2, 0.25) is 5.96 Å². The van der Waals surface area contributed by atoms with Crippen molar-refractivity contribution in [3.63, 3.8) is 0 Å². The van der Waals surface area contributed by atoms with Crippen molar-refractivity contribution < 1.29 is 0 Å². The predicted molar refractivity (Wildman–Crippen MR) is 72.1 cm³/mol. The predicted octanol–water partition coefficient (Wildman–Crippen LogP) is 2.22. The number of aliphatic imine (C=N–C) groups is 1. The number of guanidine groups is 1. The van der Waals surface area contributed by atoms with Crippen LogP contribution in [0.1, 0.15) is 5.56 Å². The van der Waals surface area contributed by atoms with Crippen molar-refractivity contribution in [2.75, 3.05) is 20.1 Å². The summed E-state index contributed by atoms with van der Waals surface area (Å²) in [4.78, 5) is 4.25. The molecule has 6 heteroatoms. The van der Waals surface area contributed by atoms with Crippen LogP contribution in [0.15, 0.2) is 28.3 Å². The van der Waals surface area contributed by atoms with Gasteiger partial charge in [-0.3, -0.25) is 0 Å². The molecule has 1 aromatic rings. The zero-order valence-corrected chi connectivity index (χ0v) is 10.8. The Morgan fingerprint density at radius 3 is 2.88 bits per heavy atom. The van der Waals surface area contributed by atoms with Crippen LogP contribution in [0.3, 0.4) is 0 Å². The fourth-order valence-electron chi connectivity index (χ4n) is 1.40. The van der Waals surface area contributed by atoms with Crippen LogP contribution < -0.4 is 5.32 Å². The van der Waals surface area contributed by atoms with E-state index >= 15 is 0 Å². The van der Waals surface area contributed by atoms with E-state index in [-0.39, 0.29) is 0 Å². The van der Waals surface area contributed by atoms with Gasteiger partial charge in [0.1, 0.15) is 0 Å². The minimum Gasteiger partial charge on any atom is -0.353 e. The van der Waals surface area contributed by atoms with Gasteiger partial charge >= 0.3 is 0 Å². The summed E-state index contributed by atoms with van der Waals surface area (Å²) in [6.07, 6.45) is 1.71. The molecule has 0 fully saturated rings. The number of nitrogens with zero attached hydrogens (tertiary/aromatic N) is 3. The highest BCUT2D eigenvalue weighted by atomic mass is 35.5. The maximum atomic E-state index is 5.91. The maximum absolute atomic E-state index is 5.91. The van der Waals surface area contributed by atoms with E-state index in [2.05, 4.69) is 15.4 Å². The summed E-state index contributed by atoms with van der Waals surface area (Å²) in [6.45, 7) is 1.66. The Morgan fingerprint density at radius 1 is 1.41 bits per heavy atom. The molecular weight excluding hydrogens is 259 g/mol. The van der Waals surface area contributed by atoms with Crippen LogP contribution in [-0.4, -0.2) is 37.3 Å². The molecule has 1 N–H and O–H groups in total. The Balaban J connectivity index is 2.06. The van der Waals surface area contributed by atoms with Gasteiger partial charge in [-0.05, 0) is 17.7 Å². The summed E-state index contributed by atoms with van der Waals surface area (Å²) in [7, 11) is 1.84. The lowest BCUT2D eigenvalue weighted by molar-refractivity contribution is 0.531. The number of hydrogen-bond acceptors (Lipinski definition) is 4. The number of rotatable bonds is 2. The van der Waals surface area contributed by atoms with Crippen LogP contribution in [-0.2, 0) is 0 Å². The van der Waals surface area contributed by atoms with E-state index in [9.17, 15) is 0 Å². The second-order valence-corrected chi connectivity index (χ2v) is 4.39. The van der Waals surface area contributed by atoms with Gasteiger partial charge in [0, 0.05) is 13.6 Å². The molecule has 17 heavy (non-hydrogen) atoms. The number of halogens is 2. The Labute approximate surface area is 110 Å². The summed E-state index contributed by atoms with van der Waals surface area (Å²) < 4.78 is 0. The first kappa shape index (κ1) is 12.2. The number of hydrazone groups is 1. The van der Waals surface area contributed by atoms with Gasteiger partial charge in [-0.2, -0.15) is 5.10 Å². The van der Waals surface area contributed by atoms with Gasteiger partial charge in [0.25, 0.3) is 0 Å². The lowest BCUT2D eigenvalue weighted by Gasteiger charge is -2.12. The van der Waals surface area contributed by atoms with Gasteiger partial charge in [0.05, 0.1) is 22.8 Å². The largest absolute Gasteiger partial charge is 0.353 e. The monoisotopic (exact) mass is 270 g/mol. The van der Waals surface area contributed by atoms with Crippen molar-refractivity contribution in [2.24, 2.45) is 10.1 Å². The fourth-order valence-corrected chi connectivity index (χ4v) is 1.71. The van der Waals surface area contributed by atoms with E-state index in [0.717, 1.165) is 24.6 Å². The van der Waals surface area contributed by atoms with E-state index < -0.39 is 0 Å². The molecule has 0 aliphatic carbocycles. The zero-order valence-electron chi connectivity index (χ0n) is 9.32. The third-order valence-electron chi connectivity index (χ3n) is 2.29. The molecule has 4 nitrogen and oxygen atoms in total. The second kappa shape index (κ2) is 5.38. The van der Waals surface area contributed by atoms with E-state index in [1.165, 1.54) is 0 Å². The van der Waals surface area contributed by atoms with Crippen LogP contribution in [0.4, 0.5) is 0 Å². The van der Waals surface area contributed by atoms with Gasteiger partial charge in [0.15, 0.2) is 0 Å². The molecule has 2 rings (SSSR count). The van der Waals surface area contributed by atoms with E-state index in [0.29, 0.717) is 10.0 Å². The van der Waals surface area contributed by atoms with Crippen LogP contribution >= 0.6 is 23.2 Å². The van der Waals surface area contributed by atoms with Crippen molar-refractivity contribution in [2.45, 2.75) is 0 Å². The molecule has 0 aromatic heterocycles. The summed E-state index contributed by atoms with van der Waals surface area (Å²) in [6, 6.07) is 5.37. The van der Waals surface area contributed by atoms with Gasteiger partial charge in [-0.15, -0.1) is 0 Å². The van der Waals surface area contributed by atoms with Crippen LogP contribution in [0, 0.1) is 0 Å². The highest BCUT2D eigenvalue weighted by molar-refractivity contribution is 6.42. The zero-order chi connectivity index (χ0) is 12.3. The van der Waals surface area contributed by atoms with E-state index in [1.807, 2.05) is 13.1 Å². The minimum atomic E-state index is 0.523. The average molecular weight is 271 g/mol. The Hall–Kier alpha value is -1.26. The van der Waals surface area contributed by atoms with Gasteiger partial charge in [-0.25, -0.2) is 10.0 Å². The first-order valence-corrected chi connectivity index (χ1v) is 5.93. The molecule has 1 aromatic carbocycles. The van der Waals surface area contributed by atoms with Crippen LogP contribution in [0.5, 0.6) is 0 Å². The van der Waals surface area contributed by atoms with Crippen LogP contribution in [0.25, 0.3) is 0 Å². The highest BCUT2D eigenvalue weighted by Crippen LogP contribution is 2.21. The molecule has 0 bridgehead atoms. The Bertz CT molecular complexity index is 471. The van der Waals surface area contributed by atoms with Crippen molar-refractivity contribution in [1.29, 1.82) is 0 Å². The quantitative estimate of drug-likeness (QED) is 0.661. The Kier molecular flexibility index (Phi) is 3.86. The van der Waals surface area contributed by atoms with Crippen molar-refractivity contribution in [3.8, 4) is 0 Å². The summed E-state index contributed by atoms with van der Waals surface area (Å²) in [5, 5.41) is 10.1. The molecule has 0 radical (unpaired) electrons.